The van der Waals surface area contributed by atoms with Gasteiger partial charge in [0.25, 0.3) is 5.56 Å². The molecule has 0 aliphatic rings. The van der Waals surface area contributed by atoms with E-state index in [0.717, 1.165) is 18.2 Å². The number of phenols is 1. The summed E-state index contributed by atoms with van der Waals surface area (Å²) in [4.78, 5) is 12.9. The zero-order valence-corrected chi connectivity index (χ0v) is 14.5. The molecule has 0 atom stereocenters. The van der Waals surface area contributed by atoms with Crippen molar-refractivity contribution in [2.24, 2.45) is 0 Å². The fourth-order valence-electron chi connectivity index (χ4n) is 2.59. The Morgan fingerprint density at radius 2 is 2.04 bits per heavy atom. The lowest BCUT2D eigenvalue weighted by molar-refractivity contribution is 0.277. The molecule has 2 rings (SSSR count). The highest BCUT2D eigenvalue weighted by molar-refractivity contribution is 5.89. The molecule has 0 bridgehead atoms. The number of unbranched alkanes of at least 4 members (excludes halogenated alkanes) is 1. The number of ether oxygens (including phenoxy) is 2. The van der Waals surface area contributed by atoms with Crippen molar-refractivity contribution in [2.75, 3.05) is 13.2 Å². The van der Waals surface area contributed by atoms with Crippen LogP contribution in [0.15, 0.2) is 35.6 Å². The number of rotatable bonds is 8. The molecule has 0 fully saturated rings. The molecule has 130 valence electrons. The third-order valence-corrected chi connectivity index (χ3v) is 3.71. The van der Waals surface area contributed by atoms with Crippen LogP contribution in [0.3, 0.4) is 0 Å². The number of nitrogens with zero attached hydrogens (tertiary/aromatic N) is 1. The maximum atomic E-state index is 12.9. The lowest BCUT2D eigenvalue weighted by atomic mass is 10.1. The van der Waals surface area contributed by atoms with Crippen molar-refractivity contribution < 1.29 is 14.6 Å². The van der Waals surface area contributed by atoms with Crippen LogP contribution < -0.4 is 15.0 Å². The van der Waals surface area contributed by atoms with E-state index in [9.17, 15) is 9.90 Å². The molecule has 5 nitrogen and oxygen atoms in total. The van der Waals surface area contributed by atoms with Crippen LogP contribution in [0.25, 0.3) is 10.9 Å². The van der Waals surface area contributed by atoms with E-state index in [0.29, 0.717) is 17.9 Å². The summed E-state index contributed by atoms with van der Waals surface area (Å²) in [7, 11) is 0. The van der Waals surface area contributed by atoms with E-state index in [4.69, 9.17) is 9.47 Å². The van der Waals surface area contributed by atoms with Gasteiger partial charge in [0.15, 0.2) is 5.75 Å². The summed E-state index contributed by atoms with van der Waals surface area (Å²) in [5, 5.41) is 10.6. The summed E-state index contributed by atoms with van der Waals surface area (Å²) in [5.74, 6) is 0.732. The van der Waals surface area contributed by atoms with Gasteiger partial charge in [-0.3, -0.25) is 4.79 Å². The summed E-state index contributed by atoms with van der Waals surface area (Å²) < 4.78 is 13.1. The Balaban J connectivity index is 2.75. The number of aromatic hydroxyl groups is 1. The Kier molecular flexibility index (Phi) is 5.90. The molecule has 1 N–H and O–H groups in total. The monoisotopic (exact) mass is 331 g/mol. The molecule has 5 heteroatoms. The van der Waals surface area contributed by atoms with Gasteiger partial charge in [0, 0.05) is 17.5 Å². The normalized spacial score (nSPS) is 11.0. The maximum absolute atomic E-state index is 12.9. The molecule has 0 saturated heterocycles. The molecule has 1 aromatic heterocycles. The van der Waals surface area contributed by atoms with Gasteiger partial charge < -0.3 is 19.1 Å². The number of pyridine rings is 1. The van der Waals surface area contributed by atoms with Crippen molar-refractivity contribution in [1.82, 2.24) is 4.57 Å². The Labute approximate surface area is 142 Å². The summed E-state index contributed by atoms with van der Waals surface area (Å²) >= 11 is 0. The van der Waals surface area contributed by atoms with Gasteiger partial charge in [0.2, 0.25) is 5.75 Å². The van der Waals surface area contributed by atoms with Crippen molar-refractivity contribution in [2.45, 2.75) is 39.7 Å². The first kappa shape index (κ1) is 17.9. The second-order valence-electron chi connectivity index (χ2n) is 5.93. The highest BCUT2D eigenvalue weighted by atomic mass is 16.5. The zero-order chi connectivity index (χ0) is 17.7. The van der Waals surface area contributed by atoms with Gasteiger partial charge in [0.05, 0.1) is 12.1 Å². The van der Waals surface area contributed by atoms with E-state index in [1.54, 1.807) is 28.8 Å². The van der Waals surface area contributed by atoms with E-state index in [2.05, 4.69) is 13.5 Å². The quantitative estimate of drug-likeness (QED) is 0.586. The highest BCUT2D eigenvalue weighted by Gasteiger charge is 2.21. The predicted octanol–water partition coefficient (Wildman–Crippen LogP) is 4.03. The van der Waals surface area contributed by atoms with Crippen molar-refractivity contribution in [3.05, 3.63) is 41.2 Å². The number of hydrogen-bond donors (Lipinski definition) is 1. The smallest absolute Gasteiger partial charge is 0.297 e. The van der Waals surface area contributed by atoms with Crippen molar-refractivity contribution in [1.29, 1.82) is 0 Å². The lowest BCUT2D eigenvalue weighted by Crippen LogP contribution is -2.25. The second-order valence-corrected chi connectivity index (χ2v) is 5.93. The third kappa shape index (κ3) is 3.55. The molecule has 2 aromatic rings. The molecule has 24 heavy (non-hydrogen) atoms. The Morgan fingerprint density at radius 1 is 1.29 bits per heavy atom. The molecule has 0 amide bonds. The van der Waals surface area contributed by atoms with Crippen LogP contribution in [0, 0.1) is 0 Å². The Hall–Kier alpha value is -2.43. The zero-order valence-electron chi connectivity index (χ0n) is 14.5. The largest absolute Gasteiger partial charge is 0.508 e. The van der Waals surface area contributed by atoms with E-state index in [-0.39, 0.29) is 29.7 Å². The van der Waals surface area contributed by atoms with Gasteiger partial charge in [-0.15, -0.1) is 0 Å². The second kappa shape index (κ2) is 7.90. The number of fused-ring (bicyclic) bond motifs is 1. The summed E-state index contributed by atoms with van der Waals surface area (Å²) in [5.41, 5.74) is 0.365. The first-order valence-corrected chi connectivity index (χ1v) is 8.29. The van der Waals surface area contributed by atoms with Gasteiger partial charge in [-0.1, -0.05) is 26.0 Å². The molecule has 1 aromatic carbocycles. The van der Waals surface area contributed by atoms with Gasteiger partial charge in [-0.2, -0.15) is 0 Å². The summed E-state index contributed by atoms with van der Waals surface area (Å²) in [6, 6.07) is 4.84. The minimum absolute atomic E-state index is 0.0856. The van der Waals surface area contributed by atoms with Crippen LogP contribution in [0.5, 0.6) is 17.2 Å². The van der Waals surface area contributed by atoms with Gasteiger partial charge in [-0.25, -0.2) is 0 Å². The highest BCUT2D eigenvalue weighted by Crippen LogP contribution is 2.35. The van der Waals surface area contributed by atoms with E-state index in [1.165, 1.54) is 0 Å². The average Bonchev–Trinajstić information content (AvgIpc) is 2.53. The first-order chi connectivity index (χ1) is 11.5. The SMILES string of the molecule is C=CCOc1c(OCCCC)c2ccc(O)cc2n(C(C)C)c1=O. The molecule has 0 saturated carbocycles. The number of hydrogen-bond acceptors (Lipinski definition) is 4. The van der Waals surface area contributed by atoms with E-state index < -0.39 is 0 Å². The fourth-order valence-corrected chi connectivity index (χ4v) is 2.59. The fraction of sp³-hybridized carbons (Fsp3) is 0.421. The van der Waals surface area contributed by atoms with Crippen LogP contribution in [0.4, 0.5) is 0 Å². The minimum atomic E-state index is -0.267. The average molecular weight is 331 g/mol. The van der Waals surface area contributed by atoms with Gasteiger partial charge in [0.1, 0.15) is 12.4 Å². The third-order valence-electron chi connectivity index (χ3n) is 3.71. The standard InChI is InChI=1S/C19H25NO4/c1-5-7-11-24-17-15-9-8-14(21)12-16(15)20(13(3)4)19(22)18(17)23-10-6-2/h6,8-9,12-13,21H,2,5,7,10-11H2,1,3-4H3. The molecular weight excluding hydrogens is 306 g/mol. The summed E-state index contributed by atoms with van der Waals surface area (Å²) in [6.45, 7) is 10.3. The molecule has 0 aliphatic carbocycles. The van der Waals surface area contributed by atoms with Crippen LogP contribution in [-0.4, -0.2) is 22.9 Å². The van der Waals surface area contributed by atoms with Crippen LogP contribution in [-0.2, 0) is 0 Å². The van der Waals surface area contributed by atoms with Crippen LogP contribution in [0.1, 0.15) is 39.7 Å². The maximum Gasteiger partial charge on any atom is 0.297 e. The lowest BCUT2D eigenvalue weighted by Gasteiger charge is -2.20. The van der Waals surface area contributed by atoms with Gasteiger partial charge >= 0.3 is 0 Å². The summed E-state index contributed by atoms with van der Waals surface area (Å²) in [6.07, 6.45) is 3.47. The van der Waals surface area contributed by atoms with E-state index in [1.807, 2.05) is 13.8 Å². The Bertz CT molecular complexity index is 777. The molecule has 0 unspecified atom stereocenters. The van der Waals surface area contributed by atoms with Crippen LogP contribution >= 0.6 is 0 Å². The van der Waals surface area contributed by atoms with Crippen LogP contribution in [0.2, 0.25) is 0 Å². The van der Waals surface area contributed by atoms with Crippen molar-refractivity contribution >= 4 is 10.9 Å². The van der Waals surface area contributed by atoms with Crippen molar-refractivity contribution in [3.63, 3.8) is 0 Å². The molecule has 0 spiro atoms. The molecular formula is C19H25NO4. The number of phenolic OH excluding ortho intramolecular Hbond substituents is 1. The predicted molar refractivity (Wildman–Crippen MR) is 96.4 cm³/mol. The minimum Gasteiger partial charge on any atom is -0.508 e. The van der Waals surface area contributed by atoms with E-state index >= 15 is 0 Å². The topological polar surface area (TPSA) is 60.7 Å². The molecule has 0 radical (unpaired) electrons. The Morgan fingerprint density at radius 3 is 2.67 bits per heavy atom. The number of benzene rings is 1. The molecule has 0 aliphatic heterocycles. The molecule has 1 heterocycles. The number of aromatic nitrogens is 1. The first-order valence-electron chi connectivity index (χ1n) is 8.29. The van der Waals surface area contributed by atoms with Crippen molar-refractivity contribution in [3.8, 4) is 17.2 Å². The van der Waals surface area contributed by atoms with Gasteiger partial charge in [-0.05, 0) is 32.4 Å².